The van der Waals surface area contributed by atoms with Crippen molar-refractivity contribution in [2.45, 2.75) is 218 Å². The number of hydrogen-bond donors (Lipinski definition) is 12. The SMILES string of the molecule is CC(C)(C)O.CC(C)(C)OC(=O)N1CC(N)(C#N)C1.CC(C)(C)OC(=O)N1CC(N)(C(N)=O)C1.CC(C)(C)OC(=O)N1CC(NC(=O)c2cccc(OC(F)(F)F)c2)(C(N)=O)C1.CC(C)(C)OC(=O)N1CC2(C1)N=C(c1cccc(OC(F)(F)F)c1)NC2=O.CC(C)(C)[O-].ClCCl.N/N=N/N=N/[N-]O.O=C(O)c1cccc(OC(F)(F)F)c1.O=C1NC(c2cccc(OC(F)(F)F)c2)=NC12CNC2.O=CC(F)(F)F.[K+].[Na+]. The molecule has 0 atom stereocenters. The molecule has 11 rings (SSSR count). The molecule has 0 saturated carbocycles. The summed E-state index contributed by atoms with van der Waals surface area (Å²) < 4.78 is 213. The van der Waals surface area contributed by atoms with Crippen LogP contribution in [0, 0.1) is 11.3 Å². The molecule has 7 aliphatic heterocycles. The number of rotatable bonds is 13. The average molecular weight is 2190 g/mol. The number of alkyl halides is 17. The number of benzene rings is 4. The number of carbonyl (C=O) groups excluding carboxylic acids is 10. The summed E-state index contributed by atoms with van der Waals surface area (Å²) in [5.74, 6) is -1.32. The molecule has 806 valence electrons. The Bertz CT molecular complexity index is 5170. The van der Waals surface area contributed by atoms with E-state index in [9.17, 15) is 119 Å². The van der Waals surface area contributed by atoms with Crippen LogP contribution in [0.2, 0.25) is 0 Å². The van der Waals surface area contributed by atoms with Crippen LogP contribution in [-0.2, 0) is 42.9 Å². The summed E-state index contributed by atoms with van der Waals surface area (Å²) in [4.78, 5) is 139. The van der Waals surface area contributed by atoms with Crippen molar-refractivity contribution in [1.29, 1.82) is 5.26 Å². The number of nitrogens with two attached hydrogens (primary N) is 5. The van der Waals surface area contributed by atoms with Gasteiger partial charge in [0.2, 0.25) is 18.1 Å². The van der Waals surface area contributed by atoms with Gasteiger partial charge in [-0.2, -0.15) is 18.4 Å². The number of ether oxygens (including phenoxy) is 8. The zero-order chi connectivity index (χ0) is 112. The Morgan fingerprint density at radius 3 is 1.10 bits per heavy atom. The normalized spacial score (nSPS) is 16.2. The van der Waals surface area contributed by atoms with E-state index in [-0.39, 0.29) is 179 Å². The van der Waals surface area contributed by atoms with Gasteiger partial charge in [-0.3, -0.25) is 34.4 Å². The summed E-state index contributed by atoms with van der Waals surface area (Å²) in [7, 11) is 0. The topological polar surface area (TPSA) is 649 Å². The summed E-state index contributed by atoms with van der Waals surface area (Å²) in [5, 5.41) is 64.7. The maximum Gasteiger partial charge on any atom is 1.00 e. The van der Waals surface area contributed by atoms with Gasteiger partial charge in [0.1, 0.15) is 68.2 Å². The second-order valence-corrected chi connectivity index (χ2v) is 37.5. The molecule has 17 N–H and O–H groups in total. The number of carboxylic acid groups (broad SMARTS) is 1. The van der Waals surface area contributed by atoms with Gasteiger partial charge < -0.3 is 128 Å². The minimum atomic E-state index is -4.91. The molecule has 2 spiro atoms. The van der Waals surface area contributed by atoms with Crippen LogP contribution in [0.4, 0.5) is 85.0 Å². The van der Waals surface area contributed by atoms with Crippen molar-refractivity contribution in [3.8, 4) is 29.1 Å². The third-order valence-electron chi connectivity index (χ3n) is 16.3. The van der Waals surface area contributed by atoms with Gasteiger partial charge in [-0.05, 0) is 165 Å². The number of likely N-dealkylation sites (tertiary alicyclic amines) is 4. The summed E-state index contributed by atoms with van der Waals surface area (Å²) in [5.41, 5.74) is 14.9. The van der Waals surface area contributed by atoms with Gasteiger partial charge in [-0.1, -0.05) is 62.4 Å². The predicted octanol–water partition coefficient (Wildman–Crippen LogP) is 4.66. The molecule has 0 aromatic heterocycles. The van der Waals surface area contributed by atoms with Gasteiger partial charge in [0.05, 0.1) is 74.9 Å². The number of aliphatic imine (C=N–C) groups is 2. The van der Waals surface area contributed by atoms with E-state index in [2.05, 4.69) is 82.5 Å². The Kier molecular flexibility index (Phi) is 53.2. The predicted molar refractivity (Wildman–Crippen MR) is 476 cm³/mol. The van der Waals surface area contributed by atoms with E-state index in [4.69, 9.17) is 90.6 Å². The zero-order valence-electron chi connectivity index (χ0n) is 82.3. The second-order valence-electron chi connectivity index (χ2n) is 36.7. The molecule has 44 nitrogen and oxygen atoms in total. The number of aromatic carboxylic acids is 1. The van der Waals surface area contributed by atoms with Crippen LogP contribution in [0.5, 0.6) is 23.0 Å². The Hall–Kier alpha value is -10.8. The third-order valence-corrected chi connectivity index (χ3v) is 16.3. The Morgan fingerprint density at radius 2 is 0.822 bits per heavy atom. The van der Waals surface area contributed by atoms with Crippen LogP contribution >= 0.6 is 23.2 Å². The Labute approximate surface area is 900 Å². The number of nitrogens with one attached hydrogen (secondary N) is 4. The van der Waals surface area contributed by atoms with Crippen LogP contribution in [0.25, 0.3) is 5.59 Å². The molecular formula is C83H110Cl2F15KN21NaO23. The van der Waals surface area contributed by atoms with Gasteiger partial charge >= 0.3 is 143 Å². The number of amides is 9. The number of hydrogen-bond acceptors (Lipinski definition) is 30. The first-order valence-corrected chi connectivity index (χ1v) is 42.2. The number of nitrogens with zero attached hydrogens (tertiary/aromatic N) is 12. The van der Waals surface area contributed by atoms with Crippen LogP contribution in [-0.4, -0.2) is 277 Å². The van der Waals surface area contributed by atoms with Crippen LogP contribution in [0.1, 0.15) is 156 Å². The van der Waals surface area contributed by atoms with E-state index < -0.39 is 170 Å². The molecular weight excluding hydrogens is 2080 g/mol. The first kappa shape index (κ1) is 137. The first-order valence-electron chi connectivity index (χ1n) is 41.1. The fourth-order valence-electron chi connectivity index (χ4n) is 10.6. The fraction of sp³-hybridized carbons (Fsp3) is 0.542. The molecule has 9 amide bonds. The van der Waals surface area contributed by atoms with Gasteiger partial charge in [0, 0.05) is 29.8 Å². The van der Waals surface area contributed by atoms with Gasteiger partial charge in [0.25, 0.3) is 17.7 Å². The van der Waals surface area contributed by atoms with E-state index in [1.807, 2.05) is 6.07 Å². The van der Waals surface area contributed by atoms with Crippen molar-refractivity contribution in [2.24, 2.45) is 59.7 Å². The first-order chi connectivity index (χ1) is 65.1. The van der Waals surface area contributed by atoms with E-state index in [1.54, 1.807) is 131 Å². The maximum atomic E-state index is 12.4. The number of carboxylic acids is 1. The third kappa shape index (κ3) is 54.8. The van der Waals surface area contributed by atoms with E-state index >= 15 is 0 Å². The van der Waals surface area contributed by atoms with Crippen molar-refractivity contribution >= 4 is 101 Å². The van der Waals surface area contributed by atoms with Gasteiger partial charge in [0.15, 0.2) is 16.6 Å². The smallest absolute Gasteiger partial charge is 0.850 e. The van der Waals surface area contributed by atoms with Crippen molar-refractivity contribution in [3.05, 3.63) is 125 Å². The molecule has 146 heavy (non-hydrogen) atoms. The average Bonchev–Trinajstić information content (AvgIpc) is 1.69. The largest absolute Gasteiger partial charge is 1.00 e. The molecule has 4 aromatic carbocycles. The van der Waals surface area contributed by atoms with Gasteiger partial charge in [-0.15, -0.1) is 86.7 Å². The zero-order valence-corrected chi connectivity index (χ0v) is 88.9. The monoisotopic (exact) mass is 2190 g/mol. The van der Waals surface area contributed by atoms with Crippen LogP contribution in [0.15, 0.2) is 128 Å². The maximum absolute atomic E-state index is 12.4. The minimum absolute atomic E-state index is 0. The molecule has 7 heterocycles. The summed E-state index contributed by atoms with van der Waals surface area (Å²) >= 11 is 9.53. The summed E-state index contributed by atoms with van der Waals surface area (Å²) in [6.45, 7) is 32.3. The molecule has 5 fully saturated rings. The molecule has 0 aliphatic carbocycles. The number of primary amides is 2. The number of nitriles is 1. The van der Waals surface area contributed by atoms with E-state index in [1.165, 1.54) is 74.2 Å². The number of aliphatic hydroxyl groups is 1. The molecule has 0 radical (unpaired) electrons. The Balaban J connectivity index is 0. The van der Waals surface area contributed by atoms with Crippen LogP contribution < -0.4 is 155 Å². The van der Waals surface area contributed by atoms with Crippen molar-refractivity contribution in [3.63, 3.8) is 0 Å². The summed E-state index contributed by atoms with van der Waals surface area (Å²) in [6, 6.07) is 21.0. The standard InChI is InChI=1S/C17H20F3N3O5.C17H18F3N3O4.C12H10F3N3O2.C9H17N3O3.C9H15N3O2.C8H5F3O3.C4H10O.C4H9O.C2HF3O.CH2Cl2.K.H3N6O.Na/c1-15(2,3)28-14(26)23-8-16(9-23,13(21)25)22-12(24)10-5-4-6-11(7-10)27-17(18,19)20;1-15(2,3)27-14(25)23-8-16(9-23)13(24)21-12(22-16)10-5-4-6-11(7-10)26-17(18,19)20;13-12(14,15)20-8-3-1-2-7(4-8)9-17-10(19)11(18-9)5-16-6-11;1-8(2,3)15-7(14)12-4-9(11,5-12)6(10)13;1-8(2,3)14-7(13)12-5-9(11,4-10)6-12;9-8(10,11)14-6-3-1-2-5(4-6)7(12)13;2*1-4(2,3)5;3-2(4,5)1-6;2-1-3;;1-2-3-4-5-6-7;/h4-7H,8-9H2,1-3H3,(H2,21,25)(H,22,24);4-7H,8-9H2,1-3H3,(H,21,22,24);1-4,16H,5-6H2,(H,17,18,19);4-5,11H2,1-3H3,(H2,10,13);5-6,11H2,1-3H3;1-4H,(H,12,13);5H,1-3H3;1-3H3;1H;1H2;;(H3-,1,2,3,4,5,6,7);/q;;;;;;;-1;;;+1;-1;+1. The molecule has 4 aromatic rings. The van der Waals surface area contributed by atoms with Crippen molar-refractivity contribution < 1.29 is 258 Å². The Morgan fingerprint density at radius 1 is 0.527 bits per heavy atom. The van der Waals surface area contributed by atoms with E-state index in [0.29, 0.717) is 18.7 Å². The summed E-state index contributed by atoms with van der Waals surface area (Å²) in [6.07, 6.45) is -27.1. The van der Waals surface area contributed by atoms with Gasteiger partial charge in [-0.25, -0.2) is 44.4 Å². The van der Waals surface area contributed by atoms with E-state index in [0.717, 1.165) is 36.4 Å². The number of carbonyl (C=O) groups is 11. The quantitative estimate of drug-likeness (QED) is 0.0126. The number of aldehydes is 1. The molecule has 0 bridgehead atoms. The second kappa shape index (κ2) is 56.6. The molecule has 0 unspecified atom stereocenters. The number of halogens is 17. The molecule has 5 saturated heterocycles. The minimum Gasteiger partial charge on any atom is -0.850 e. The fourth-order valence-corrected chi connectivity index (χ4v) is 10.6. The molecule has 63 heteroatoms. The molecule has 7 aliphatic rings. The van der Waals surface area contributed by atoms with Crippen molar-refractivity contribution in [2.75, 3.05) is 70.8 Å². The van der Waals surface area contributed by atoms with Crippen LogP contribution in [0.3, 0.4) is 0 Å². The van der Waals surface area contributed by atoms with Crippen molar-refractivity contribution in [1.82, 2.24) is 40.9 Å². The number of amidine groups is 2.